The molecule has 2 heterocycles. The quantitative estimate of drug-likeness (QED) is 0.737. The number of aldehydes is 1. The Kier molecular flexibility index (Phi) is 3.74. The molecule has 4 heteroatoms. The lowest BCUT2D eigenvalue weighted by atomic mass is 10.2. The Balaban J connectivity index is 2.22. The minimum absolute atomic E-state index is 0.471. The predicted molar refractivity (Wildman–Crippen MR) is 68.5 cm³/mol. The fourth-order valence-corrected chi connectivity index (χ4v) is 2.47. The minimum atomic E-state index is 0.471. The van der Waals surface area contributed by atoms with Gasteiger partial charge >= 0.3 is 0 Å². The highest BCUT2D eigenvalue weighted by atomic mass is 16.1. The van der Waals surface area contributed by atoms with E-state index in [1.807, 2.05) is 12.1 Å². The van der Waals surface area contributed by atoms with Gasteiger partial charge in [-0.1, -0.05) is 0 Å². The molecule has 1 aromatic rings. The first-order chi connectivity index (χ1) is 8.22. The van der Waals surface area contributed by atoms with E-state index in [1.54, 1.807) is 6.20 Å². The van der Waals surface area contributed by atoms with Crippen molar-refractivity contribution < 1.29 is 4.79 Å². The lowest BCUT2D eigenvalue weighted by molar-refractivity contribution is 0.112. The normalized spacial score (nSPS) is 19.9. The molecule has 1 aliphatic rings. The fraction of sp³-hybridized carbons (Fsp3) is 0.538. The number of nitrogens with zero attached hydrogens (tertiary/aromatic N) is 3. The van der Waals surface area contributed by atoms with Crippen LogP contribution in [0.15, 0.2) is 18.3 Å². The van der Waals surface area contributed by atoms with Crippen molar-refractivity contribution in [3.8, 4) is 0 Å². The number of carbonyl (C=O) groups is 1. The maximum Gasteiger partial charge on any atom is 0.153 e. The maximum absolute atomic E-state index is 11.0. The van der Waals surface area contributed by atoms with Gasteiger partial charge in [0.2, 0.25) is 0 Å². The average molecular weight is 233 g/mol. The highest BCUT2D eigenvalue weighted by molar-refractivity contribution is 5.82. The Hall–Kier alpha value is -1.42. The van der Waals surface area contributed by atoms with Crippen molar-refractivity contribution in [3.05, 3.63) is 23.9 Å². The zero-order valence-corrected chi connectivity index (χ0v) is 10.5. The van der Waals surface area contributed by atoms with Gasteiger partial charge in [0.05, 0.1) is 5.56 Å². The molecule has 2 rings (SSSR count). The summed E-state index contributed by atoms with van der Waals surface area (Å²) in [5.41, 5.74) is 0.693. The van der Waals surface area contributed by atoms with E-state index in [9.17, 15) is 4.79 Å². The van der Waals surface area contributed by atoms with E-state index in [1.165, 1.54) is 12.8 Å². The van der Waals surface area contributed by atoms with Crippen LogP contribution in [0.1, 0.15) is 23.2 Å². The van der Waals surface area contributed by atoms with Crippen molar-refractivity contribution >= 4 is 12.1 Å². The Morgan fingerprint density at radius 2 is 2.41 bits per heavy atom. The van der Waals surface area contributed by atoms with Crippen molar-refractivity contribution in [1.82, 2.24) is 9.88 Å². The Bertz CT molecular complexity index is 392. The summed E-state index contributed by atoms with van der Waals surface area (Å²) in [4.78, 5) is 19.9. The summed E-state index contributed by atoms with van der Waals surface area (Å²) in [7, 11) is 4.16. The molecule has 0 aromatic carbocycles. The van der Waals surface area contributed by atoms with E-state index >= 15 is 0 Å². The number of pyridine rings is 1. The molecular weight excluding hydrogens is 214 g/mol. The molecule has 0 radical (unpaired) electrons. The number of aromatic nitrogens is 1. The molecule has 1 fully saturated rings. The highest BCUT2D eigenvalue weighted by Gasteiger charge is 2.27. The van der Waals surface area contributed by atoms with Crippen LogP contribution in [0, 0.1) is 0 Å². The summed E-state index contributed by atoms with van der Waals surface area (Å²) in [6.45, 7) is 2.01. The molecule has 1 aromatic heterocycles. The molecule has 1 unspecified atom stereocenters. The van der Waals surface area contributed by atoms with Crippen molar-refractivity contribution in [1.29, 1.82) is 0 Å². The molecule has 1 aliphatic heterocycles. The molecular formula is C13H19N3O. The van der Waals surface area contributed by atoms with Gasteiger partial charge < -0.3 is 9.80 Å². The van der Waals surface area contributed by atoms with Crippen LogP contribution in [0.5, 0.6) is 0 Å². The Labute approximate surface area is 102 Å². The van der Waals surface area contributed by atoms with E-state index in [0.29, 0.717) is 11.6 Å². The topological polar surface area (TPSA) is 36.4 Å². The van der Waals surface area contributed by atoms with Crippen LogP contribution >= 0.6 is 0 Å². The summed E-state index contributed by atoms with van der Waals surface area (Å²) in [6, 6.07) is 4.11. The second-order valence-corrected chi connectivity index (χ2v) is 4.79. The predicted octanol–water partition coefficient (Wildman–Crippen LogP) is 1.42. The van der Waals surface area contributed by atoms with E-state index in [0.717, 1.165) is 25.2 Å². The Morgan fingerprint density at radius 1 is 1.59 bits per heavy atom. The number of hydrogen-bond acceptors (Lipinski definition) is 4. The standard InChI is InChI=1S/C13H19N3O/c1-15(2)9-12-6-4-8-16(12)13-11(10-17)5-3-7-14-13/h3,5,7,10,12H,4,6,8-9H2,1-2H3. The molecule has 0 aliphatic carbocycles. The number of likely N-dealkylation sites (N-methyl/N-ethyl adjacent to an activating group) is 1. The van der Waals surface area contributed by atoms with Gasteiger partial charge in [-0.2, -0.15) is 0 Å². The summed E-state index contributed by atoms with van der Waals surface area (Å²) in [6.07, 6.45) is 5.00. The third kappa shape index (κ3) is 2.64. The van der Waals surface area contributed by atoms with Crippen LogP contribution in [0.4, 0.5) is 5.82 Å². The number of hydrogen-bond donors (Lipinski definition) is 0. The van der Waals surface area contributed by atoms with Crippen molar-refractivity contribution in [2.75, 3.05) is 32.1 Å². The molecule has 92 valence electrons. The van der Waals surface area contributed by atoms with Gasteiger partial charge in [0.1, 0.15) is 5.82 Å². The maximum atomic E-state index is 11.0. The van der Waals surface area contributed by atoms with Crippen LogP contribution < -0.4 is 4.90 Å². The molecule has 17 heavy (non-hydrogen) atoms. The summed E-state index contributed by atoms with van der Waals surface area (Å²) < 4.78 is 0. The van der Waals surface area contributed by atoms with Crippen LogP contribution in [0.3, 0.4) is 0 Å². The first-order valence-electron chi connectivity index (χ1n) is 6.04. The second-order valence-electron chi connectivity index (χ2n) is 4.79. The average Bonchev–Trinajstić information content (AvgIpc) is 2.76. The molecule has 0 bridgehead atoms. The van der Waals surface area contributed by atoms with Crippen LogP contribution in [-0.4, -0.2) is 49.4 Å². The van der Waals surface area contributed by atoms with Gasteiger partial charge in [-0.25, -0.2) is 4.98 Å². The minimum Gasteiger partial charge on any atom is -0.352 e. The van der Waals surface area contributed by atoms with E-state index in [4.69, 9.17) is 0 Å². The van der Waals surface area contributed by atoms with Gasteiger partial charge in [0.25, 0.3) is 0 Å². The van der Waals surface area contributed by atoms with E-state index < -0.39 is 0 Å². The van der Waals surface area contributed by atoms with Crippen LogP contribution in [0.2, 0.25) is 0 Å². The monoisotopic (exact) mass is 233 g/mol. The summed E-state index contributed by atoms with van der Waals surface area (Å²) in [5.74, 6) is 0.840. The van der Waals surface area contributed by atoms with Gasteiger partial charge in [-0.15, -0.1) is 0 Å². The lowest BCUT2D eigenvalue weighted by Crippen LogP contribution is -2.38. The zero-order valence-electron chi connectivity index (χ0n) is 10.5. The van der Waals surface area contributed by atoms with E-state index in [2.05, 4.69) is 28.9 Å². The molecule has 1 atom stereocenters. The molecule has 0 saturated carbocycles. The third-order valence-corrected chi connectivity index (χ3v) is 3.17. The highest BCUT2D eigenvalue weighted by Crippen LogP contribution is 2.26. The van der Waals surface area contributed by atoms with Gasteiger partial charge in [-0.05, 0) is 39.1 Å². The largest absolute Gasteiger partial charge is 0.352 e. The summed E-state index contributed by atoms with van der Waals surface area (Å²) >= 11 is 0. The molecule has 0 spiro atoms. The third-order valence-electron chi connectivity index (χ3n) is 3.17. The molecule has 0 amide bonds. The number of carbonyl (C=O) groups excluding carboxylic acids is 1. The number of rotatable bonds is 4. The molecule has 1 saturated heterocycles. The summed E-state index contributed by atoms with van der Waals surface area (Å²) in [5, 5.41) is 0. The smallest absolute Gasteiger partial charge is 0.153 e. The Morgan fingerprint density at radius 3 is 3.12 bits per heavy atom. The van der Waals surface area contributed by atoms with Crippen LogP contribution in [0.25, 0.3) is 0 Å². The number of anilines is 1. The fourth-order valence-electron chi connectivity index (χ4n) is 2.47. The first-order valence-corrected chi connectivity index (χ1v) is 6.04. The van der Waals surface area contributed by atoms with Gasteiger partial charge in [0.15, 0.2) is 6.29 Å². The zero-order chi connectivity index (χ0) is 12.3. The van der Waals surface area contributed by atoms with Crippen molar-refractivity contribution in [2.24, 2.45) is 0 Å². The van der Waals surface area contributed by atoms with Crippen molar-refractivity contribution in [2.45, 2.75) is 18.9 Å². The first kappa shape index (κ1) is 12.0. The molecule has 0 N–H and O–H groups in total. The molecule has 4 nitrogen and oxygen atoms in total. The second kappa shape index (κ2) is 5.27. The van der Waals surface area contributed by atoms with Gasteiger partial charge in [-0.3, -0.25) is 4.79 Å². The van der Waals surface area contributed by atoms with E-state index in [-0.39, 0.29) is 0 Å². The lowest BCUT2D eigenvalue weighted by Gasteiger charge is -2.28. The van der Waals surface area contributed by atoms with Gasteiger partial charge in [0, 0.05) is 25.3 Å². The SMILES string of the molecule is CN(C)CC1CCCN1c1ncccc1C=O. The van der Waals surface area contributed by atoms with Crippen molar-refractivity contribution in [3.63, 3.8) is 0 Å². The van der Waals surface area contributed by atoms with Crippen LogP contribution in [-0.2, 0) is 0 Å².